The third kappa shape index (κ3) is 4.39. The van der Waals surface area contributed by atoms with E-state index < -0.39 is 6.61 Å². The van der Waals surface area contributed by atoms with Gasteiger partial charge in [-0.2, -0.15) is 8.78 Å². The van der Waals surface area contributed by atoms with Crippen molar-refractivity contribution in [1.82, 2.24) is 10.2 Å². The Hall–Kier alpha value is -1.89. The number of ether oxygens (including phenoxy) is 2. The number of nitrogens with zero attached hydrogens (tertiary/aromatic N) is 2. The first-order valence-corrected chi connectivity index (χ1v) is 8.76. The molecule has 0 bridgehead atoms. The third-order valence-corrected chi connectivity index (χ3v) is 4.85. The highest BCUT2D eigenvalue weighted by Crippen LogP contribution is 2.38. The first kappa shape index (κ1) is 17.9. The Balaban J connectivity index is 1.71. The van der Waals surface area contributed by atoms with E-state index in [9.17, 15) is 8.78 Å². The average Bonchev–Trinajstić information content (AvgIpc) is 3.22. The first-order chi connectivity index (χ1) is 12.1. The van der Waals surface area contributed by atoms with E-state index >= 15 is 0 Å². The van der Waals surface area contributed by atoms with Crippen LogP contribution < -0.4 is 10.1 Å². The smallest absolute Gasteiger partial charge is 0.387 e. The van der Waals surface area contributed by atoms with Crippen molar-refractivity contribution < 1.29 is 18.3 Å². The fourth-order valence-corrected chi connectivity index (χ4v) is 3.52. The van der Waals surface area contributed by atoms with Crippen LogP contribution in [0.4, 0.5) is 8.78 Å². The molecule has 1 spiro atoms. The second-order valence-electron chi connectivity index (χ2n) is 6.63. The molecular formula is C18H25F2N3O2. The minimum Gasteiger partial charge on any atom is -0.434 e. The topological polar surface area (TPSA) is 46.1 Å². The highest BCUT2D eigenvalue weighted by Gasteiger charge is 2.42. The predicted molar refractivity (Wildman–Crippen MR) is 91.9 cm³/mol. The largest absolute Gasteiger partial charge is 0.434 e. The van der Waals surface area contributed by atoms with Gasteiger partial charge in [-0.3, -0.25) is 0 Å². The summed E-state index contributed by atoms with van der Waals surface area (Å²) in [4.78, 5) is 6.90. The van der Waals surface area contributed by atoms with Gasteiger partial charge in [0.05, 0.1) is 13.2 Å². The lowest BCUT2D eigenvalue weighted by Crippen LogP contribution is -2.41. The fourth-order valence-electron chi connectivity index (χ4n) is 3.52. The summed E-state index contributed by atoms with van der Waals surface area (Å²) in [5.74, 6) is 0.998. The standard InChI is InChI=1S/C18H25F2N3O2/c1-2-21-17(23-9-7-18(12-23)8-10-24-13-18)22-11-14-5-3-4-6-15(14)25-16(19)20/h3-6,16H,2,7-13H2,1H3,(H,21,22). The molecule has 2 fully saturated rings. The molecule has 2 aliphatic heterocycles. The molecule has 1 aromatic carbocycles. The van der Waals surface area contributed by atoms with Crippen molar-refractivity contribution in [1.29, 1.82) is 0 Å². The molecule has 1 aromatic rings. The van der Waals surface area contributed by atoms with Gasteiger partial charge < -0.3 is 19.7 Å². The van der Waals surface area contributed by atoms with Gasteiger partial charge in [0.2, 0.25) is 0 Å². The number of rotatable bonds is 5. The number of likely N-dealkylation sites (tertiary alicyclic amines) is 1. The molecule has 2 aliphatic rings. The third-order valence-electron chi connectivity index (χ3n) is 4.85. The van der Waals surface area contributed by atoms with E-state index in [4.69, 9.17) is 4.74 Å². The molecule has 2 heterocycles. The Labute approximate surface area is 147 Å². The SMILES string of the molecule is CCNC(=NCc1ccccc1OC(F)F)N1CCC2(CCOC2)C1. The zero-order valence-electron chi connectivity index (χ0n) is 14.5. The molecule has 0 saturated carbocycles. The monoisotopic (exact) mass is 353 g/mol. The van der Waals surface area contributed by atoms with E-state index in [1.807, 2.05) is 6.92 Å². The highest BCUT2D eigenvalue weighted by atomic mass is 19.3. The van der Waals surface area contributed by atoms with Crippen LogP contribution in [0.25, 0.3) is 0 Å². The number of guanidine groups is 1. The number of para-hydroxylation sites is 1. The molecule has 1 atom stereocenters. The molecule has 0 amide bonds. The Morgan fingerprint density at radius 1 is 1.40 bits per heavy atom. The van der Waals surface area contributed by atoms with E-state index in [0.717, 1.165) is 51.6 Å². The highest BCUT2D eigenvalue weighted by molar-refractivity contribution is 5.80. The summed E-state index contributed by atoms with van der Waals surface area (Å²) >= 11 is 0. The van der Waals surface area contributed by atoms with Crippen molar-refractivity contribution in [3.63, 3.8) is 0 Å². The number of benzene rings is 1. The molecule has 7 heteroatoms. The molecule has 1 unspecified atom stereocenters. The van der Waals surface area contributed by atoms with Gasteiger partial charge in [0.15, 0.2) is 5.96 Å². The number of alkyl halides is 2. The molecule has 3 rings (SSSR count). The molecule has 2 saturated heterocycles. The quantitative estimate of drug-likeness (QED) is 0.653. The zero-order valence-corrected chi connectivity index (χ0v) is 14.5. The molecular weight excluding hydrogens is 328 g/mol. The minimum absolute atomic E-state index is 0.180. The van der Waals surface area contributed by atoms with E-state index in [1.165, 1.54) is 0 Å². The van der Waals surface area contributed by atoms with E-state index in [1.54, 1.807) is 24.3 Å². The number of hydrogen-bond donors (Lipinski definition) is 1. The zero-order chi connectivity index (χ0) is 17.7. The second-order valence-corrected chi connectivity index (χ2v) is 6.63. The predicted octanol–water partition coefficient (Wildman–Crippen LogP) is 2.87. The molecule has 0 radical (unpaired) electrons. The van der Waals surface area contributed by atoms with Crippen molar-refractivity contribution in [2.45, 2.75) is 32.9 Å². The van der Waals surface area contributed by atoms with Gasteiger partial charge in [-0.1, -0.05) is 18.2 Å². The van der Waals surface area contributed by atoms with Crippen molar-refractivity contribution in [3.8, 4) is 5.75 Å². The van der Waals surface area contributed by atoms with Crippen molar-refractivity contribution in [2.75, 3.05) is 32.8 Å². The van der Waals surface area contributed by atoms with Gasteiger partial charge in [-0.25, -0.2) is 4.99 Å². The lowest BCUT2D eigenvalue weighted by molar-refractivity contribution is -0.0504. The average molecular weight is 353 g/mol. The maximum absolute atomic E-state index is 12.5. The maximum Gasteiger partial charge on any atom is 0.387 e. The van der Waals surface area contributed by atoms with E-state index in [0.29, 0.717) is 12.1 Å². The summed E-state index contributed by atoms with van der Waals surface area (Å²) in [6.45, 7) is 3.75. The first-order valence-electron chi connectivity index (χ1n) is 8.76. The Bertz CT molecular complexity index is 604. The summed E-state index contributed by atoms with van der Waals surface area (Å²) in [5, 5.41) is 3.31. The van der Waals surface area contributed by atoms with Crippen LogP contribution in [-0.4, -0.2) is 50.3 Å². The second kappa shape index (κ2) is 7.99. The van der Waals surface area contributed by atoms with Crippen LogP contribution in [0, 0.1) is 5.41 Å². The summed E-state index contributed by atoms with van der Waals surface area (Å²) in [5.41, 5.74) is 0.892. The van der Waals surface area contributed by atoms with Gasteiger partial charge in [-0.05, 0) is 25.8 Å². The Kier molecular flexibility index (Phi) is 5.73. The minimum atomic E-state index is -2.83. The lowest BCUT2D eigenvalue weighted by Gasteiger charge is -2.25. The van der Waals surface area contributed by atoms with Crippen LogP contribution in [0.5, 0.6) is 5.75 Å². The van der Waals surface area contributed by atoms with Gasteiger partial charge in [-0.15, -0.1) is 0 Å². The Morgan fingerprint density at radius 2 is 2.24 bits per heavy atom. The van der Waals surface area contributed by atoms with Crippen LogP contribution in [-0.2, 0) is 11.3 Å². The van der Waals surface area contributed by atoms with Crippen molar-refractivity contribution >= 4 is 5.96 Å². The van der Waals surface area contributed by atoms with Gasteiger partial charge >= 0.3 is 6.61 Å². The number of nitrogens with one attached hydrogen (secondary N) is 1. The Morgan fingerprint density at radius 3 is 2.96 bits per heavy atom. The number of halogens is 2. The van der Waals surface area contributed by atoms with Gasteiger partial charge in [0.25, 0.3) is 0 Å². The van der Waals surface area contributed by atoms with Gasteiger partial charge in [0, 0.05) is 37.2 Å². The lowest BCUT2D eigenvalue weighted by atomic mass is 9.87. The van der Waals surface area contributed by atoms with Crippen LogP contribution in [0.2, 0.25) is 0 Å². The number of aliphatic imine (C=N–C) groups is 1. The van der Waals surface area contributed by atoms with Crippen LogP contribution >= 0.6 is 0 Å². The molecule has 5 nitrogen and oxygen atoms in total. The molecule has 0 aromatic heterocycles. The fraction of sp³-hybridized carbons (Fsp3) is 0.611. The molecule has 1 N–H and O–H groups in total. The summed E-state index contributed by atoms with van der Waals surface area (Å²) in [6.07, 6.45) is 2.19. The summed E-state index contributed by atoms with van der Waals surface area (Å²) in [6, 6.07) is 6.79. The van der Waals surface area contributed by atoms with Crippen molar-refractivity contribution in [2.24, 2.45) is 10.4 Å². The van der Waals surface area contributed by atoms with Crippen LogP contribution in [0.1, 0.15) is 25.3 Å². The van der Waals surface area contributed by atoms with E-state index in [-0.39, 0.29) is 11.2 Å². The molecule has 25 heavy (non-hydrogen) atoms. The molecule has 0 aliphatic carbocycles. The number of hydrogen-bond acceptors (Lipinski definition) is 3. The maximum atomic E-state index is 12.5. The van der Waals surface area contributed by atoms with Crippen LogP contribution in [0.15, 0.2) is 29.3 Å². The van der Waals surface area contributed by atoms with E-state index in [2.05, 4.69) is 19.9 Å². The summed E-state index contributed by atoms with van der Waals surface area (Å²) in [7, 11) is 0. The van der Waals surface area contributed by atoms with Gasteiger partial charge in [0.1, 0.15) is 5.75 Å². The van der Waals surface area contributed by atoms with Crippen LogP contribution in [0.3, 0.4) is 0 Å². The molecule has 138 valence electrons. The van der Waals surface area contributed by atoms with Crippen molar-refractivity contribution in [3.05, 3.63) is 29.8 Å². The summed E-state index contributed by atoms with van der Waals surface area (Å²) < 4.78 is 35.3. The normalized spacial score (nSPS) is 23.7.